The lowest BCUT2D eigenvalue weighted by molar-refractivity contribution is -0.117. The number of aryl methyl sites for hydroxylation is 1. The van der Waals surface area contributed by atoms with Crippen LogP contribution >= 0.6 is 11.3 Å². The summed E-state index contributed by atoms with van der Waals surface area (Å²) in [6.45, 7) is 9.36. The minimum absolute atomic E-state index is 0.0325. The molecule has 0 spiro atoms. The maximum atomic E-state index is 12.7. The van der Waals surface area contributed by atoms with E-state index in [9.17, 15) is 9.59 Å². The van der Waals surface area contributed by atoms with Crippen LogP contribution in [0.15, 0.2) is 53.9 Å². The summed E-state index contributed by atoms with van der Waals surface area (Å²) in [5.74, 6) is 0.314. The molecule has 5 rings (SSSR count). The third kappa shape index (κ3) is 6.31. The molecule has 2 aliphatic rings. The van der Waals surface area contributed by atoms with Crippen LogP contribution < -0.4 is 5.32 Å². The van der Waals surface area contributed by atoms with Crippen LogP contribution in [0.2, 0.25) is 0 Å². The Balaban J connectivity index is 1.37. The van der Waals surface area contributed by atoms with Crippen LogP contribution in [-0.4, -0.2) is 71.3 Å². The van der Waals surface area contributed by atoms with Crippen molar-refractivity contribution in [3.63, 3.8) is 0 Å². The summed E-state index contributed by atoms with van der Waals surface area (Å²) in [6.07, 6.45) is 1.97. The lowest BCUT2D eigenvalue weighted by Gasteiger charge is -2.39. The van der Waals surface area contributed by atoms with Gasteiger partial charge in [-0.05, 0) is 62.1 Å². The van der Waals surface area contributed by atoms with Crippen LogP contribution in [-0.2, 0) is 11.3 Å². The van der Waals surface area contributed by atoms with Crippen LogP contribution in [0, 0.1) is 12.8 Å². The van der Waals surface area contributed by atoms with Crippen molar-refractivity contribution in [1.29, 1.82) is 0 Å². The first kappa shape index (κ1) is 26.5. The van der Waals surface area contributed by atoms with Crippen LogP contribution in [0.3, 0.4) is 0 Å². The summed E-state index contributed by atoms with van der Waals surface area (Å²) in [6, 6.07) is 16.3. The number of amides is 2. The molecular weight excluding hydrogens is 494 g/mol. The van der Waals surface area contributed by atoms with Crippen molar-refractivity contribution < 1.29 is 9.59 Å². The van der Waals surface area contributed by atoms with Gasteiger partial charge in [-0.3, -0.25) is 19.4 Å². The van der Waals surface area contributed by atoms with Crippen molar-refractivity contribution in [3.8, 4) is 0 Å². The first-order chi connectivity index (χ1) is 18.4. The molecule has 2 aromatic carbocycles. The molecule has 1 saturated carbocycles. The van der Waals surface area contributed by atoms with Gasteiger partial charge in [0.25, 0.3) is 5.91 Å². The van der Waals surface area contributed by atoms with Crippen LogP contribution in [0.5, 0.6) is 0 Å². The number of thiazole rings is 1. The predicted octanol–water partition coefficient (Wildman–Crippen LogP) is 4.80. The number of hydrogen-bond donors (Lipinski definition) is 1. The van der Waals surface area contributed by atoms with Crippen molar-refractivity contribution in [3.05, 3.63) is 81.3 Å². The van der Waals surface area contributed by atoms with Crippen molar-refractivity contribution in [1.82, 2.24) is 19.7 Å². The second kappa shape index (κ2) is 11.8. The van der Waals surface area contributed by atoms with Gasteiger partial charge in [-0.2, -0.15) is 0 Å². The summed E-state index contributed by atoms with van der Waals surface area (Å²) >= 11 is 1.73. The number of piperazine rings is 1. The van der Waals surface area contributed by atoms with Crippen molar-refractivity contribution in [2.75, 3.05) is 45.1 Å². The Morgan fingerprint density at radius 3 is 2.45 bits per heavy atom. The van der Waals surface area contributed by atoms with Gasteiger partial charge in [-0.1, -0.05) is 24.3 Å². The van der Waals surface area contributed by atoms with Gasteiger partial charge >= 0.3 is 0 Å². The third-order valence-electron chi connectivity index (χ3n) is 7.51. The second-order valence-corrected chi connectivity index (χ2v) is 11.4. The molecule has 2 amide bonds. The monoisotopic (exact) mass is 531 g/mol. The van der Waals surface area contributed by atoms with Gasteiger partial charge < -0.3 is 10.2 Å². The topological polar surface area (TPSA) is 68.8 Å². The van der Waals surface area contributed by atoms with E-state index in [1.54, 1.807) is 16.2 Å². The van der Waals surface area contributed by atoms with Crippen molar-refractivity contribution in [2.24, 2.45) is 5.92 Å². The number of nitrogens with one attached hydrogen (secondary N) is 1. The number of aromatic nitrogens is 1. The SMILES string of the molecule is CCN(C)C(=O)c1ccc([C@H](c2cccc(NC(=O)C3CC3)c2)N2CCN(Cc3nc(C)cs3)CC2)cc1. The van der Waals surface area contributed by atoms with Gasteiger partial charge in [-0.15, -0.1) is 11.3 Å². The van der Waals surface area contributed by atoms with E-state index in [2.05, 4.69) is 49.7 Å². The highest BCUT2D eigenvalue weighted by molar-refractivity contribution is 7.09. The molecule has 7 nitrogen and oxygen atoms in total. The zero-order valence-electron chi connectivity index (χ0n) is 22.5. The van der Waals surface area contributed by atoms with Crippen LogP contribution in [0.4, 0.5) is 5.69 Å². The molecule has 0 bridgehead atoms. The lowest BCUT2D eigenvalue weighted by Crippen LogP contribution is -2.47. The molecule has 1 saturated heterocycles. The summed E-state index contributed by atoms with van der Waals surface area (Å²) in [7, 11) is 1.83. The van der Waals surface area contributed by atoms with Gasteiger partial charge in [0.15, 0.2) is 0 Å². The minimum Gasteiger partial charge on any atom is -0.342 e. The van der Waals surface area contributed by atoms with E-state index in [0.717, 1.165) is 68.1 Å². The molecule has 200 valence electrons. The second-order valence-electron chi connectivity index (χ2n) is 10.4. The number of hydrogen-bond acceptors (Lipinski definition) is 6. The van der Waals surface area contributed by atoms with Gasteiger partial charge in [-0.25, -0.2) is 4.98 Å². The highest BCUT2D eigenvalue weighted by Crippen LogP contribution is 2.33. The number of carbonyl (C=O) groups excluding carboxylic acids is 2. The van der Waals surface area contributed by atoms with E-state index in [1.165, 1.54) is 5.01 Å². The molecule has 0 radical (unpaired) electrons. The minimum atomic E-state index is 0.0325. The zero-order chi connectivity index (χ0) is 26.6. The highest BCUT2D eigenvalue weighted by Gasteiger charge is 2.30. The molecule has 1 aliphatic carbocycles. The average Bonchev–Trinajstić information content (AvgIpc) is 3.71. The quantitative estimate of drug-likeness (QED) is 0.430. The van der Waals surface area contributed by atoms with E-state index in [-0.39, 0.29) is 23.8 Å². The molecule has 2 fully saturated rings. The highest BCUT2D eigenvalue weighted by atomic mass is 32.1. The number of rotatable bonds is 9. The molecule has 1 atom stereocenters. The van der Waals surface area contributed by atoms with Gasteiger partial charge in [0.05, 0.1) is 12.6 Å². The number of benzene rings is 2. The first-order valence-electron chi connectivity index (χ1n) is 13.5. The fourth-order valence-electron chi connectivity index (χ4n) is 5.01. The third-order valence-corrected chi connectivity index (χ3v) is 8.46. The molecule has 1 aliphatic heterocycles. The first-order valence-corrected chi connectivity index (χ1v) is 14.4. The standard InChI is InChI=1S/C30H37N5O2S/c1-4-33(3)30(37)24-12-8-22(9-13-24)28(25-6-5-7-26(18-25)32-29(36)23-10-11-23)35-16-14-34(15-17-35)19-27-31-21(2)20-38-27/h5-9,12-13,18,20,23,28H,4,10-11,14-17,19H2,1-3H3,(H,32,36)/t28-/m1/s1. The predicted molar refractivity (Wildman–Crippen MR) is 152 cm³/mol. The number of carbonyl (C=O) groups is 2. The maximum absolute atomic E-state index is 12.7. The fourth-order valence-corrected chi connectivity index (χ4v) is 5.82. The van der Waals surface area contributed by atoms with E-state index in [0.29, 0.717) is 12.1 Å². The Morgan fingerprint density at radius 2 is 1.82 bits per heavy atom. The Morgan fingerprint density at radius 1 is 1.08 bits per heavy atom. The number of nitrogens with zero attached hydrogens (tertiary/aromatic N) is 4. The summed E-state index contributed by atoms with van der Waals surface area (Å²) in [4.78, 5) is 36.5. The summed E-state index contributed by atoms with van der Waals surface area (Å²) in [5, 5.41) is 6.40. The van der Waals surface area contributed by atoms with Gasteiger partial charge in [0.1, 0.15) is 5.01 Å². The van der Waals surface area contributed by atoms with E-state index in [1.807, 2.05) is 45.2 Å². The van der Waals surface area contributed by atoms with E-state index in [4.69, 9.17) is 0 Å². The fraction of sp³-hybridized carbons (Fsp3) is 0.433. The Hall–Kier alpha value is -3.07. The molecule has 2 heterocycles. The zero-order valence-corrected chi connectivity index (χ0v) is 23.3. The molecule has 1 aromatic heterocycles. The molecule has 38 heavy (non-hydrogen) atoms. The largest absolute Gasteiger partial charge is 0.342 e. The van der Waals surface area contributed by atoms with Crippen LogP contribution in [0.25, 0.3) is 0 Å². The summed E-state index contributed by atoms with van der Waals surface area (Å²) < 4.78 is 0. The molecular formula is C30H37N5O2S. The van der Waals surface area contributed by atoms with Gasteiger partial charge in [0, 0.05) is 68.0 Å². The van der Waals surface area contributed by atoms with E-state index < -0.39 is 0 Å². The van der Waals surface area contributed by atoms with E-state index >= 15 is 0 Å². The molecule has 3 aromatic rings. The number of anilines is 1. The lowest BCUT2D eigenvalue weighted by atomic mass is 9.94. The normalized spacial score (nSPS) is 17.2. The average molecular weight is 532 g/mol. The maximum Gasteiger partial charge on any atom is 0.253 e. The van der Waals surface area contributed by atoms with Crippen molar-refractivity contribution in [2.45, 2.75) is 39.3 Å². The smallest absolute Gasteiger partial charge is 0.253 e. The summed E-state index contributed by atoms with van der Waals surface area (Å²) in [5.41, 5.74) is 4.93. The van der Waals surface area contributed by atoms with Crippen molar-refractivity contribution >= 4 is 28.8 Å². The van der Waals surface area contributed by atoms with Crippen LogP contribution in [0.1, 0.15) is 58.0 Å². The Kier molecular flexibility index (Phi) is 8.21. The Labute approximate surface area is 229 Å². The Bertz CT molecular complexity index is 1260. The molecule has 8 heteroatoms. The molecule has 0 unspecified atom stereocenters. The molecule has 1 N–H and O–H groups in total. The van der Waals surface area contributed by atoms with Gasteiger partial charge in [0.2, 0.25) is 5.91 Å².